The minimum absolute atomic E-state index is 0.289. The smallest absolute Gasteiger partial charge is 0.262 e. The Morgan fingerprint density at radius 2 is 1.94 bits per heavy atom. The molecular formula is C22H20N4O3S3. The van der Waals surface area contributed by atoms with Gasteiger partial charge in [0, 0.05) is 10.9 Å². The van der Waals surface area contributed by atoms with Crippen LogP contribution in [0.3, 0.4) is 0 Å². The lowest BCUT2D eigenvalue weighted by Crippen LogP contribution is -2.16. The third kappa shape index (κ3) is 4.47. The second-order valence-electron chi connectivity index (χ2n) is 6.55. The van der Waals surface area contributed by atoms with Crippen molar-refractivity contribution in [1.29, 1.82) is 0 Å². The van der Waals surface area contributed by atoms with Gasteiger partial charge in [-0.1, -0.05) is 6.07 Å². The molecule has 0 bridgehead atoms. The van der Waals surface area contributed by atoms with Gasteiger partial charge in [0.05, 0.1) is 36.0 Å². The van der Waals surface area contributed by atoms with E-state index in [0.717, 1.165) is 10.4 Å². The Kier molecular flexibility index (Phi) is 6.73. The van der Waals surface area contributed by atoms with Crippen molar-refractivity contribution in [1.82, 2.24) is 15.0 Å². The fraction of sp³-hybridized carbons (Fsp3) is 0.182. The molecule has 0 radical (unpaired) electrons. The lowest BCUT2D eigenvalue weighted by molar-refractivity contribution is 0.102. The molecule has 0 aliphatic carbocycles. The molecule has 10 heteroatoms. The molecule has 0 saturated heterocycles. The summed E-state index contributed by atoms with van der Waals surface area (Å²) in [5.74, 6) is 1.71. The van der Waals surface area contributed by atoms with Gasteiger partial charge in [0.25, 0.3) is 5.91 Å². The molecule has 0 aliphatic heterocycles. The summed E-state index contributed by atoms with van der Waals surface area (Å²) >= 11 is 4.32. The van der Waals surface area contributed by atoms with Gasteiger partial charge in [-0.25, -0.2) is 15.0 Å². The molecule has 4 rings (SSSR count). The Morgan fingerprint density at radius 3 is 2.62 bits per heavy atom. The highest BCUT2D eigenvalue weighted by Gasteiger charge is 2.21. The number of hydrogen-bond donors (Lipinski definition) is 1. The molecule has 4 aromatic rings. The van der Waals surface area contributed by atoms with Crippen LogP contribution in [0.1, 0.15) is 16.1 Å². The largest absolute Gasteiger partial charge is 0.497 e. The molecule has 1 amide bonds. The zero-order chi connectivity index (χ0) is 22.7. The van der Waals surface area contributed by atoms with E-state index in [1.54, 1.807) is 25.6 Å². The maximum absolute atomic E-state index is 13.1. The summed E-state index contributed by atoms with van der Waals surface area (Å²) in [5, 5.41) is 7.84. The van der Waals surface area contributed by atoms with Crippen molar-refractivity contribution in [2.75, 3.05) is 25.8 Å². The monoisotopic (exact) mass is 484 g/mol. The molecule has 32 heavy (non-hydrogen) atoms. The Labute approximate surface area is 197 Å². The second-order valence-corrected chi connectivity index (χ2v) is 9.15. The van der Waals surface area contributed by atoms with Crippen LogP contribution in [0.2, 0.25) is 0 Å². The molecule has 1 aromatic carbocycles. The highest BCUT2D eigenvalue weighted by Crippen LogP contribution is 2.35. The summed E-state index contributed by atoms with van der Waals surface area (Å²) in [4.78, 5) is 27.8. The third-order valence-corrected chi connectivity index (χ3v) is 6.93. The summed E-state index contributed by atoms with van der Waals surface area (Å²) in [5.41, 5.74) is 2.55. The number of nitrogens with zero attached hydrogens (tertiary/aromatic N) is 3. The summed E-state index contributed by atoms with van der Waals surface area (Å²) in [6.45, 7) is 1.82. The van der Waals surface area contributed by atoms with E-state index in [1.165, 1.54) is 23.1 Å². The SMILES string of the molecule is COc1ccc(OC)c(-c2csc(NC(=O)c3c(C)nc(-c4cccs4)nc3SC)n2)c1. The minimum Gasteiger partial charge on any atom is -0.497 e. The first-order valence-electron chi connectivity index (χ1n) is 9.49. The van der Waals surface area contributed by atoms with Crippen molar-refractivity contribution in [2.24, 2.45) is 0 Å². The molecule has 0 aliphatic rings. The summed E-state index contributed by atoms with van der Waals surface area (Å²) in [7, 11) is 3.21. The summed E-state index contributed by atoms with van der Waals surface area (Å²) < 4.78 is 10.8. The molecule has 164 valence electrons. The Hall–Kier alpha value is -2.95. The average Bonchev–Trinajstić information content (AvgIpc) is 3.50. The van der Waals surface area contributed by atoms with Crippen molar-refractivity contribution in [3.63, 3.8) is 0 Å². The number of thiazole rings is 1. The molecular weight excluding hydrogens is 464 g/mol. The highest BCUT2D eigenvalue weighted by molar-refractivity contribution is 7.98. The number of aromatic nitrogens is 3. The number of ether oxygens (including phenoxy) is 2. The second kappa shape index (κ2) is 9.68. The summed E-state index contributed by atoms with van der Waals surface area (Å²) in [6.07, 6.45) is 1.90. The zero-order valence-corrected chi connectivity index (χ0v) is 20.3. The van der Waals surface area contributed by atoms with Gasteiger partial charge in [-0.3, -0.25) is 10.1 Å². The molecule has 0 unspecified atom stereocenters. The van der Waals surface area contributed by atoms with Crippen LogP contribution in [0.4, 0.5) is 5.13 Å². The molecule has 1 N–H and O–H groups in total. The molecule has 0 spiro atoms. The number of amides is 1. The fourth-order valence-electron chi connectivity index (χ4n) is 3.10. The van der Waals surface area contributed by atoms with E-state index in [1.807, 2.05) is 54.3 Å². The maximum Gasteiger partial charge on any atom is 0.262 e. The molecule has 0 atom stereocenters. The number of nitrogens with one attached hydrogen (secondary N) is 1. The van der Waals surface area contributed by atoms with Crippen LogP contribution < -0.4 is 14.8 Å². The summed E-state index contributed by atoms with van der Waals surface area (Å²) in [6, 6.07) is 9.42. The van der Waals surface area contributed by atoms with E-state index in [2.05, 4.69) is 20.3 Å². The van der Waals surface area contributed by atoms with Crippen molar-refractivity contribution in [3.8, 4) is 33.5 Å². The number of hydrogen-bond acceptors (Lipinski definition) is 9. The first-order valence-corrected chi connectivity index (χ1v) is 12.5. The Balaban J connectivity index is 1.62. The van der Waals surface area contributed by atoms with E-state index in [9.17, 15) is 4.79 Å². The van der Waals surface area contributed by atoms with Crippen molar-refractivity contribution in [2.45, 2.75) is 11.9 Å². The van der Waals surface area contributed by atoms with Gasteiger partial charge in [0.2, 0.25) is 0 Å². The quantitative estimate of drug-likeness (QED) is 0.269. The number of carbonyl (C=O) groups is 1. The minimum atomic E-state index is -0.289. The van der Waals surface area contributed by atoms with Gasteiger partial charge in [-0.2, -0.15) is 0 Å². The van der Waals surface area contributed by atoms with Crippen molar-refractivity contribution < 1.29 is 14.3 Å². The molecule has 3 heterocycles. The predicted molar refractivity (Wildman–Crippen MR) is 130 cm³/mol. The number of anilines is 1. The van der Waals surface area contributed by atoms with Crippen molar-refractivity contribution >= 4 is 45.5 Å². The van der Waals surface area contributed by atoms with Gasteiger partial charge in [0.1, 0.15) is 16.5 Å². The number of benzene rings is 1. The van der Waals surface area contributed by atoms with Crippen LogP contribution in [-0.4, -0.2) is 41.3 Å². The van der Waals surface area contributed by atoms with E-state index >= 15 is 0 Å². The number of thioether (sulfide) groups is 1. The lowest BCUT2D eigenvalue weighted by Gasteiger charge is -2.11. The Morgan fingerprint density at radius 1 is 1.09 bits per heavy atom. The van der Waals surface area contributed by atoms with Gasteiger partial charge >= 0.3 is 0 Å². The van der Waals surface area contributed by atoms with Gasteiger partial charge in [0.15, 0.2) is 11.0 Å². The third-order valence-electron chi connectivity index (χ3n) is 4.63. The molecule has 7 nitrogen and oxygen atoms in total. The standard InChI is InChI=1S/C22H20N4O3S3/c1-12-18(21(30-4)25-19(23-12)17-6-5-9-31-17)20(27)26-22-24-15(11-32-22)14-10-13(28-2)7-8-16(14)29-3/h5-11H,1-4H3,(H,24,26,27). The van der Waals surface area contributed by atoms with Crippen LogP contribution in [0.25, 0.3) is 22.0 Å². The van der Waals surface area contributed by atoms with Gasteiger partial charge in [-0.05, 0) is 42.8 Å². The van der Waals surface area contributed by atoms with Gasteiger partial charge in [-0.15, -0.1) is 34.4 Å². The number of carbonyl (C=O) groups excluding carboxylic acids is 1. The molecule has 0 saturated carbocycles. The average molecular weight is 485 g/mol. The lowest BCUT2D eigenvalue weighted by atomic mass is 10.1. The van der Waals surface area contributed by atoms with Crippen LogP contribution in [0.5, 0.6) is 11.5 Å². The van der Waals surface area contributed by atoms with E-state index in [4.69, 9.17) is 9.47 Å². The predicted octanol–water partition coefficient (Wildman–Crippen LogP) is 5.63. The van der Waals surface area contributed by atoms with E-state index < -0.39 is 0 Å². The van der Waals surface area contributed by atoms with Crippen LogP contribution in [0, 0.1) is 6.92 Å². The number of thiophene rings is 1. The highest BCUT2D eigenvalue weighted by atomic mass is 32.2. The van der Waals surface area contributed by atoms with E-state index in [-0.39, 0.29) is 5.91 Å². The number of aryl methyl sites for hydroxylation is 1. The van der Waals surface area contributed by atoms with E-state index in [0.29, 0.717) is 44.4 Å². The molecule has 3 aromatic heterocycles. The number of methoxy groups -OCH3 is 2. The van der Waals surface area contributed by atoms with Crippen LogP contribution >= 0.6 is 34.4 Å². The number of rotatable bonds is 7. The first kappa shape index (κ1) is 22.3. The topological polar surface area (TPSA) is 86.2 Å². The normalized spacial score (nSPS) is 10.8. The van der Waals surface area contributed by atoms with Crippen molar-refractivity contribution in [3.05, 3.63) is 52.3 Å². The molecule has 0 fully saturated rings. The first-order chi connectivity index (χ1) is 15.5. The fourth-order valence-corrected chi connectivity index (χ4v) is 5.09. The van der Waals surface area contributed by atoms with Crippen LogP contribution in [0.15, 0.2) is 46.1 Å². The Bertz CT molecular complexity index is 1260. The maximum atomic E-state index is 13.1. The zero-order valence-electron chi connectivity index (χ0n) is 17.8. The van der Waals surface area contributed by atoms with Crippen LogP contribution in [-0.2, 0) is 0 Å². The van der Waals surface area contributed by atoms with Gasteiger partial charge < -0.3 is 9.47 Å².